The number of rotatable bonds is 7. The number of aromatic hydroxyl groups is 1. The van der Waals surface area contributed by atoms with Crippen LogP contribution in [-0.4, -0.2) is 33.4 Å². The van der Waals surface area contributed by atoms with E-state index >= 15 is 0 Å². The molecule has 2 rings (SSSR count). The topological polar surface area (TPSA) is 83.6 Å². The molecule has 2 aromatic rings. The fourth-order valence-electron chi connectivity index (χ4n) is 2.11. The van der Waals surface area contributed by atoms with Gasteiger partial charge in [0, 0.05) is 5.56 Å². The number of benzene rings is 2. The van der Waals surface area contributed by atoms with Gasteiger partial charge in [-0.25, -0.2) is 10.9 Å². The van der Waals surface area contributed by atoms with Crippen molar-refractivity contribution in [3.63, 3.8) is 0 Å². The molecule has 0 saturated heterocycles. The largest absolute Gasteiger partial charge is 0.508 e. The number of hydrogen-bond donors (Lipinski definition) is 2. The molecule has 0 radical (unpaired) electrons. The molecule has 3 N–H and O–H groups in total. The van der Waals surface area contributed by atoms with Crippen molar-refractivity contribution in [2.45, 2.75) is 12.8 Å². The average molecular weight is 344 g/mol. The van der Waals surface area contributed by atoms with Crippen molar-refractivity contribution in [1.82, 2.24) is 5.01 Å². The summed E-state index contributed by atoms with van der Waals surface area (Å²) in [5.41, 5.74) is 1.53. The predicted molar refractivity (Wildman–Crippen MR) is 95.6 cm³/mol. The SMILES string of the molecule is NN(C(=O)CSCCCc1ccccc1)C(=O)c1ccc(O)cc1. The first kappa shape index (κ1) is 18.0. The zero-order valence-electron chi connectivity index (χ0n) is 13.2. The molecule has 0 spiro atoms. The molecule has 0 unspecified atom stereocenters. The Morgan fingerprint density at radius 1 is 1.04 bits per heavy atom. The van der Waals surface area contributed by atoms with E-state index in [1.807, 2.05) is 18.2 Å². The Morgan fingerprint density at radius 3 is 2.38 bits per heavy atom. The number of thioether (sulfide) groups is 1. The first-order valence-electron chi connectivity index (χ1n) is 7.60. The van der Waals surface area contributed by atoms with Crippen LogP contribution in [0.2, 0.25) is 0 Å². The number of nitrogens with zero attached hydrogens (tertiary/aromatic N) is 1. The zero-order chi connectivity index (χ0) is 17.4. The van der Waals surface area contributed by atoms with Crippen LogP contribution in [0.25, 0.3) is 0 Å². The standard InChI is InChI=1S/C18H20N2O3S/c19-20(18(23)15-8-10-16(21)11-9-15)17(22)13-24-12-4-7-14-5-2-1-3-6-14/h1-3,5-6,8-11,21H,4,7,12-13,19H2. The van der Waals surface area contributed by atoms with Crippen molar-refractivity contribution < 1.29 is 14.7 Å². The maximum Gasteiger partial charge on any atom is 0.274 e. The molecule has 0 aliphatic rings. The monoisotopic (exact) mass is 344 g/mol. The first-order chi connectivity index (χ1) is 11.6. The van der Waals surface area contributed by atoms with E-state index in [1.54, 1.807) is 0 Å². The van der Waals surface area contributed by atoms with E-state index in [4.69, 9.17) is 5.84 Å². The van der Waals surface area contributed by atoms with Crippen LogP contribution in [0.1, 0.15) is 22.3 Å². The van der Waals surface area contributed by atoms with Gasteiger partial charge < -0.3 is 5.11 Å². The van der Waals surface area contributed by atoms with Crippen LogP contribution >= 0.6 is 11.8 Å². The summed E-state index contributed by atoms with van der Waals surface area (Å²) < 4.78 is 0. The summed E-state index contributed by atoms with van der Waals surface area (Å²) in [6, 6.07) is 15.8. The Labute approximate surface area is 145 Å². The summed E-state index contributed by atoms with van der Waals surface area (Å²) in [5.74, 6) is 5.62. The molecule has 0 aliphatic carbocycles. The van der Waals surface area contributed by atoms with Gasteiger partial charge in [0.25, 0.3) is 11.8 Å². The molecular formula is C18H20N2O3S. The minimum Gasteiger partial charge on any atom is -0.508 e. The predicted octanol–water partition coefficient (Wildman–Crippen LogP) is 2.60. The summed E-state index contributed by atoms with van der Waals surface area (Å²) >= 11 is 1.46. The van der Waals surface area contributed by atoms with E-state index in [-0.39, 0.29) is 17.1 Å². The number of hydrazine groups is 1. The Bertz CT molecular complexity index is 674. The van der Waals surface area contributed by atoms with Gasteiger partial charge in [0.15, 0.2) is 0 Å². The molecule has 0 atom stereocenters. The van der Waals surface area contributed by atoms with Crippen LogP contribution in [0, 0.1) is 0 Å². The minimum atomic E-state index is -0.579. The second kappa shape index (κ2) is 9.10. The van der Waals surface area contributed by atoms with Gasteiger partial charge in [0.2, 0.25) is 0 Å². The maximum absolute atomic E-state index is 12.1. The van der Waals surface area contributed by atoms with Crippen LogP contribution in [-0.2, 0) is 11.2 Å². The van der Waals surface area contributed by atoms with Crippen LogP contribution in [0.3, 0.4) is 0 Å². The molecule has 24 heavy (non-hydrogen) atoms. The first-order valence-corrected chi connectivity index (χ1v) is 8.76. The van der Waals surface area contributed by atoms with Crippen molar-refractivity contribution >= 4 is 23.6 Å². The van der Waals surface area contributed by atoms with Crippen molar-refractivity contribution in [2.75, 3.05) is 11.5 Å². The molecular weight excluding hydrogens is 324 g/mol. The van der Waals surface area contributed by atoms with Gasteiger partial charge in [-0.05, 0) is 48.4 Å². The lowest BCUT2D eigenvalue weighted by atomic mass is 10.1. The van der Waals surface area contributed by atoms with Crippen molar-refractivity contribution in [3.8, 4) is 5.75 Å². The van der Waals surface area contributed by atoms with Gasteiger partial charge in [0.05, 0.1) is 5.75 Å². The molecule has 0 heterocycles. The number of hydrogen-bond acceptors (Lipinski definition) is 5. The number of aryl methyl sites for hydroxylation is 1. The molecule has 2 amide bonds. The summed E-state index contributed by atoms with van der Waals surface area (Å²) in [5, 5.41) is 9.84. The molecule has 0 bridgehead atoms. The molecule has 0 saturated carbocycles. The van der Waals surface area contributed by atoms with Gasteiger partial charge in [0.1, 0.15) is 5.75 Å². The Kier molecular flexibility index (Phi) is 6.84. The molecule has 0 fully saturated rings. The number of nitrogens with two attached hydrogens (primary N) is 1. The van der Waals surface area contributed by atoms with Gasteiger partial charge in [-0.2, -0.15) is 11.8 Å². The highest BCUT2D eigenvalue weighted by Gasteiger charge is 2.19. The second-order valence-corrected chi connectivity index (χ2v) is 6.36. The van der Waals surface area contributed by atoms with Crippen LogP contribution < -0.4 is 5.84 Å². The van der Waals surface area contributed by atoms with E-state index in [9.17, 15) is 14.7 Å². The molecule has 6 heteroatoms. The highest BCUT2D eigenvalue weighted by molar-refractivity contribution is 7.99. The summed E-state index contributed by atoms with van der Waals surface area (Å²) in [6.45, 7) is 0. The number of phenolic OH excluding ortho intramolecular Hbond substituents is 1. The van der Waals surface area contributed by atoms with E-state index in [2.05, 4.69) is 12.1 Å². The fraction of sp³-hybridized carbons (Fsp3) is 0.222. The average Bonchev–Trinajstić information content (AvgIpc) is 2.61. The summed E-state index contributed by atoms with van der Waals surface area (Å²) in [4.78, 5) is 24.0. The quantitative estimate of drug-likeness (QED) is 0.349. The third-order valence-corrected chi connectivity index (χ3v) is 4.45. The molecule has 0 aromatic heterocycles. The van der Waals surface area contributed by atoms with Gasteiger partial charge in [-0.15, -0.1) is 0 Å². The second-order valence-electron chi connectivity index (χ2n) is 5.26. The van der Waals surface area contributed by atoms with Crippen molar-refractivity contribution in [2.24, 2.45) is 5.84 Å². The molecule has 0 aliphatic heterocycles. The molecule has 126 valence electrons. The Balaban J connectivity index is 1.71. The number of carbonyl (C=O) groups is 2. The normalized spacial score (nSPS) is 10.4. The smallest absolute Gasteiger partial charge is 0.274 e. The van der Waals surface area contributed by atoms with Crippen molar-refractivity contribution in [1.29, 1.82) is 0 Å². The number of phenols is 1. The van der Waals surface area contributed by atoms with E-state index in [0.717, 1.165) is 18.6 Å². The lowest BCUT2D eigenvalue weighted by molar-refractivity contribution is -0.126. The number of amides is 2. The lowest BCUT2D eigenvalue weighted by Crippen LogP contribution is -2.43. The molecule has 5 nitrogen and oxygen atoms in total. The van der Waals surface area contributed by atoms with E-state index < -0.39 is 11.8 Å². The Hall–Kier alpha value is -2.31. The summed E-state index contributed by atoms with van der Waals surface area (Å²) in [7, 11) is 0. The third kappa shape index (κ3) is 5.40. The lowest BCUT2D eigenvalue weighted by Gasteiger charge is -2.14. The Morgan fingerprint density at radius 2 is 1.71 bits per heavy atom. The minimum absolute atomic E-state index is 0.0513. The number of carbonyl (C=O) groups excluding carboxylic acids is 2. The van der Waals surface area contributed by atoms with Crippen LogP contribution in [0.4, 0.5) is 0 Å². The third-order valence-electron chi connectivity index (χ3n) is 3.42. The number of imide groups is 1. The van der Waals surface area contributed by atoms with Crippen LogP contribution in [0.15, 0.2) is 54.6 Å². The van der Waals surface area contributed by atoms with Gasteiger partial charge in [-0.3, -0.25) is 9.59 Å². The summed E-state index contributed by atoms with van der Waals surface area (Å²) in [6.07, 6.45) is 1.92. The van der Waals surface area contributed by atoms with Gasteiger partial charge in [-0.1, -0.05) is 30.3 Å². The highest BCUT2D eigenvalue weighted by Crippen LogP contribution is 2.12. The maximum atomic E-state index is 12.1. The fourth-order valence-corrected chi connectivity index (χ4v) is 2.91. The molecule has 2 aromatic carbocycles. The zero-order valence-corrected chi connectivity index (χ0v) is 14.0. The van der Waals surface area contributed by atoms with Crippen LogP contribution in [0.5, 0.6) is 5.75 Å². The van der Waals surface area contributed by atoms with Crippen molar-refractivity contribution in [3.05, 3.63) is 65.7 Å². The van der Waals surface area contributed by atoms with E-state index in [1.165, 1.54) is 41.6 Å². The highest BCUT2D eigenvalue weighted by atomic mass is 32.2. The van der Waals surface area contributed by atoms with E-state index in [0.29, 0.717) is 5.01 Å². The van der Waals surface area contributed by atoms with Gasteiger partial charge >= 0.3 is 0 Å².